The Kier molecular flexibility index (Phi) is 7.28. The summed E-state index contributed by atoms with van der Waals surface area (Å²) in [4.78, 5) is 7.74. The van der Waals surface area contributed by atoms with Crippen molar-refractivity contribution in [2.24, 2.45) is 5.92 Å². The molecular weight excluding hydrogens is 248 g/mol. The third-order valence-electron chi connectivity index (χ3n) is 4.90. The van der Waals surface area contributed by atoms with Gasteiger partial charge in [-0.25, -0.2) is 0 Å². The molecule has 0 aromatic rings. The number of piperidine rings is 1. The molecule has 0 aliphatic carbocycles. The van der Waals surface area contributed by atoms with Crippen LogP contribution in [0.2, 0.25) is 0 Å². The van der Waals surface area contributed by atoms with Crippen molar-refractivity contribution in [1.82, 2.24) is 20.0 Å². The Morgan fingerprint density at radius 1 is 0.900 bits per heavy atom. The van der Waals surface area contributed by atoms with E-state index in [1.807, 2.05) is 0 Å². The Balaban J connectivity index is 1.53. The monoisotopic (exact) mass is 282 g/mol. The maximum Gasteiger partial charge on any atom is 0.0110 e. The van der Waals surface area contributed by atoms with Crippen LogP contribution in [0.5, 0.6) is 0 Å². The van der Waals surface area contributed by atoms with Crippen LogP contribution in [-0.4, -0.2) is 87.2 Å². The summed E-state index contributed by atoms with van der Waals surface area (Å²) in [7, 11) is 2.23. The highest BCUT2D eigenvalue weighted by Gasteiger charge is 2.20. The summed E-state index contributed by atoms with van der Waals surface area (Å²) in [6.07, 6.45) is 4.03. The number of nitrogens with one attached hydrogen (secondary N) is 1. The average molecular weight is 282 g/mol. The van der Waals surface area contributed by atoms with E-state index >= 15 is 0 Å². The average Bonchev–Trinajstić information content (AvgIpc) is 2.48. The largest absolute Gasteiger partial charge is 0.316 e. The van der Waals surface area contributed by atoms with Gasteiger partial charge in [-0.15, -0.1) is 0 Å². The topological polar surface area (TPSA) is 21.8 Å². The molecule has 4 heteroatoms. The highest BCUT2D eigenvalue weighted by molar-refractivity contribution is 4.76. The van der Waals surface area contributed by atoms with Crippen molar-refractivity contribution in [3.63, 3.8) is 0 Å². The first-order valence-electron chi connectivity index (χ1n) is 8.62. The third kappa shape index (κ3) is 5.68. The minimum absolute atomic E-state index is 0.918. The molecule has 2 aliphatic heterocycles. The maximum atomic E-state index is 3.58. The number of hydrogen-bond donors (Lipinski definition) is 1. The number of likely N-dealkylation sites (tertiary alicyclic amines) is 1. The van der Waals surface area contributed by atoms with Crippen LogP contribution in [0.25, 0.3) is 0 Å². The molecule has 2 aliphatic rings. The minimum atomic E-state index is 0.918. The molecule has 0 unspecified atom stereocenters. The zero-order valence-corrected chi connectivity index (χ0v) is 13.6. The van der Waals surface area contributed by atoms with E-state index in [1.54, 1.807) is 0 Å². The van der Waals surface area contributed by atoms with Crippen LogP contribution in [0, 0.1) is 5.92 Å². The van der Waals surface area contributed by atoms with E-state index in [0.29, 0.717) is 0 Å². The van der Waals surface area contributed by atoms with Gasteiger partial charge >= 0.3 is 0 Å². The molecule has 0 spiro atoms. The molecule has 0 saturated carbocycles. The molecule has 0 amide bonds. The van der Waals surface area contributed by atoms with Crippen LogP contribution in [-0.2, 0) is 0 Å². The lowest BCUT2D eigenvalue weighted by Gasteiger charge is -2.36. The van der Waals surface area contributed by atoms with Gasteiger partial charge < -0.3 is 15.1 Å². The van der Waals surface area contributed by atoms with Crippen molar-refractivity contribution in [3.05, 3.63) is 0 Å². The molecular formula is C16H34N4. The summed E-state index contributed by atoms with van der Waals surface area (Å²) >= 11 is 0. The van der Waals surface area contributed by atoms with Crippen LogP contribution in [0.4, 0.5) is 0 Å². The van der Waals surface area contributed by atoms with Gasteiger partial charge in [0.25, 0.3) is 0 Å². The van der Waals surface area contributed by atoms with Gasteiger partial charge in [-0.3, -0.25) is 4.90 Å². The molecule has 2 saturated heterocycles. The van der Waals surface area contributed by atoms with Crippen molar-refractivity contribution in [2.75, 3.05) is 72.5 Å². The van der Waals surface area contributed by atoms with Crippen molar-refractivity contribution in [3.8, 4) is 0 Å². The van der Waals surface area contributed by atoms with Gasteiger partial charge in [-0.05, 0) is 58.4 Å². The first kappa shape index (κ1) is 16.2. The van der Waals surface area contributed by atoms with Crippen molar-refractivity contribution < 1.29 is 0 Å². The molecule has 20 heavy (non-hydrogen) atoms. The number of nitrogens with zero attached hydrogens (tertiary/aromatic N) is 3. The van der Waals surface area contributed by atoms with Crippen LogP contribution in [0.1, 0.15) is 26.2 Å². The predicted molar refractivity (Wildman–Crippen MR) is 86.3 cm³/mol. The van der Waals surface area contributed by atoms with Gasteiger partial charge in [0.15, 0.2) is 0 Å². The highest BCUT2D eigenvalue weighted by Crippen LogP contribution is 2.16. The Hall–Kier alpha value is -0.160. The van der Waals surface area contributed by atoms with E-state index < -0.39 is 0 Å². The Morgan fingerprint density at radius 2 is 1.50 bits per heavy atom. The fourth-order valence-corrected chi connectivity index (χ4v) is 3.25. The van der Waals surface area contributed by atoms with Crippen molar-refractivity contribution >= 4 is 0 Å². The predicted octanol–water partition coefficient (Wildman–Crippen LogP) is 0.945. The van der Waals surface area contributed by atoms with E-state index in [0.717, 1.165) is 5.92 Å². The lowest BCUT2D eigenvalue weighted by molar-refractivity contribution is 0.119. The fourth-order valence-electron chi connectivity index (χ4n) is 3.25. The summed E-state index contributed by atoms with van der Waals surface area (Å²) in [5.74, 6) is 0.918. The summed E-state index contributed by atoms with van der Waals surface area (Å²) in [6.45, 7) is 14.8. The first-order chi connectivity index (χ1) is 9.78. The van der Waals surface area contributed by atoms with Crippen molar-refractivity contribution in [2.45, 2.75) is 26.2 Å². The fraction of sp³-hybridized carbons (Fsp3) is 1.00. The molecule has 2 rings (SSSR count). The van der Waals surface area contributed by atoms with Gasteiger partial charge in [-0.1, -0.05) is 6.92 Å². The van der Waals surface area contributed by atoms with Gasteiger partial charge in [-0.2, -0.15) is 0 Å². The van der Waals surface area contributed by atoms with Gasteiger partial charge in [0.2, 0.25) is 0 Å². The minimum Gasteiger partial charge on any atom is -0.316 e. The van der Waals surface area contributed by atoms with Crippen LogP contribution >= 0.6 is 0 Å². The van der Waals surface area contributed by atoms with Crippen LogP contribution in [0.15, 0.2) is 0 Å². The summed E-state index contributed by atoms with van der Waals surface area (Å²) < 4.78 is 0. The van der Waals surface area contributed by atoms with Gasteiger partial charge in [0.1, 0.15) is 0 Å². The second kappa shape index (κ2) is 8.98. The zero-order chi connectivity index (χ0) is 14.2. The second-order valence-corrected chi connectivity index (χ2v) is 6.63. The Morgan fingerprint density at radius 3 is 2.10 bits per heavy atom. The molecule has 0 bridgehead atoms. The number of piperazine rings is 1. The van der Waals surface area contributed by atoms with Gasteiger partial charge in [0, 0.05) is 39.3 Å². The molecule has 0 radical (unpaired) electrons. The van der Waals surface area contributed by atoms with E-state index in [4.69, 9.17) is 0 Å². The maximum absolute atomic E-state index is 3.58. The van der Waals surface area contributed by atoms with Crippen LogP contribution < -0.4 is 5.32 Å². The van der Waals surface area contributed by atoms with E-state index in [1.165, 1.54) is 84.7 Å². The van der Waals surface area contributed by atoms with E-state index in [9.17, 15) is 0 Å². The smallest absolute Gasteiger partial charge is 0.0110 e. The Bertz CT molecular complexity index is 243. The summed E-state index contributed by atoms with van der Waals surface area (Å²) in [5.41, 5.74) is 0. The number of rotatable bonds is 7. The van der Waals surface area contributed by atoms with Crippen molar-refractivity contribution in [1.29, 1.82) is 0 Å². The molecule has 2 fully saturated rings. The molecule has 4 nitrogen and oxygen atoms in total. The lowest BCUT2D eigenvalue weighted by Crippen LogP contribution is -2.48. The lowest BCUT2D eigenvalue weighted by atomic mass is 9.97. The number of likely N-dealkylation sites (N-methyl/N-ethyl adjacent to an activating group) is 1. The first-order valence-corrected chi connectivity index (χ1v) is 8.62. The SMILES string of the molecule is CCCNCC1CCN(CCN2CCN(C)CC2)CC1. The standard InChI is InChI=1S/C16H34N4/c1-3-6-17-15-16-4-7-19(8-5-16)13-14-20-11-9-18(2)10-12-20/h16-17H,3-15H2,1-2H3. The summed E-state index contributed by atoms with van der Waals surface area (Å²) in [6, 6.07) is 0. The van der Waals surface area contributed by atoms with E-state index in [2.05, 4.69) is 34.0 Å². The molecule has 0 aromatic carbocycles. The highest BCUT2D eigenvalue weighted by atomic mass is 15.3. The quantitative estimate of drug-likeness (QED) is 0.702. The van der Waals surface area contributed by atoms with Gasteiger partial charge in [0.05, 0.1) is 0 Å². The summed E-state index contributed by atoms with van der Waals surface area (Å²) in [5, 5.41) is 3.58. The molecule has 0 aromatic heterocycles. The molecule has 2 heterocycles. The number of hydrogen-bond acceptors (Lipinski definition) is 4. The van der Waals surface area contributed by atoms with Crippen LogP contribution in [0.3, 0.4) is 0 Å². The third-order valence-corrected chi connectivity index (χ3v) is 4.90. The molecule has 1 N–H and O–H groups in total. The zero-order valence-electron chi connectivity index (χ0n) is 13.6. The normalized spacial score (nSPS) is 24.3. The Labute approximate surface area is 125 Å². The second-order valence-electron chi connectivity index (χ2n) is 6.63. The molecule has 118 valence electrons. The molecule has 0 atom stereocenters. The van der Waals surface area contributed by atoms with E-state index in [-0.39, 0.29) is 0 Å².